The summed E-state index contributed by atoms with van der Waals surface area (Å²) in [7, 11) is 0. The SMILES string of the molecule is N.N/C(=C1\NC=Nc2[nH]ccc21)C1CCCCC1. The molecule has 1 aliphatic carbocycles. The molecule has 0 radical (unpaired) electrons. The van der Waals surface area contributed by atoms with Crippen molar-refractivity contribution in [1.82, 2.24) is 16.5 Å². The largest absolute Gasteiger partial charge is 0.400 e. The molecular weight excluding hydrogens is 226 g/mol. The lowest BCUT2D eigenvalue weighted by atomic mass is 9.85. The second-order valence-corrected chi connectivity index (χ2v) is 4.81. The van der Waals surface area contributed by atoms with Gasteiger partial charge in [0.15, 0.2) is 0 Å². The van der Waals surface area contributed by atoms with Crippen molar-refractivity contribution in [2.75, 3.05) is 0 Å². The normalized spacial score (nSPS) is 21.8. The highest BCUT2D eigenvalue weighted by molar-refractivity contribution is 5.87. The average molecular weight is 247 g/mol. The third-order valence-electron chi connectivity index (χ3n) is 3.73. The van der Waals surface area contributed by atoms with Crippen molar-refractivity contribution in [2.24, 2.45) is 16.6 Å². The predicted molar refractivity (Wildman–Crippen MR) is 74.8 cm³/mol. The van der Waals surface area contributed by atoms with Crippen LogP contribution in [0.5, 0.6) is 0 Å². The molecule has 0 amide bonds. The van der Waals surface area contributed by atoms with Gasteiger partial charge in [0.05, 0.1) is 12.0 Å². The van der Waals surface area contributed by atoms with Gasteiger partial charge in [0.1, 0.15) is 5.82 Å². The summed E-state index contributed by atoms with van der Waals surface area (Å²) in [4.78, 5) is 7.37. The Hall–Kier alpha value is -1.75. The summed E-state index contributed by atoms with van der Waals surface area (Å²) < 4.78 is 0. The van der Waals surface area contributed by atoms with E-state index in [2.05, 4.69) is 15.3 Å². The number of hydrogen-bond acceptors (Lipinski definition) is 4. The fourth-order valence-electron chi connectivity index (χ4n) is 2.76. The zero-order valence-corrected chi connectivity index (χ0v) is 10.6. The number of hydrogen-bond donors (Lipinski definition) is 4. The molecule has 5 heteroatoms. The lowest BCUT2D eigenvalue weighted by molar-refractivity contribution is 0.400. The number of H-pyrrole nitrogens is 1. The van der Waals surface area contributed by atoms with Crippen molar-refractivity contribution in [3.63, 3.8) is 0 Å². The van der Waals surface area contributed by atoms with Crippen molar-refractivity contribution in [2.45, 2.75) is 32.1 Å². The van der Waals surface area contributed by atoms with Crippen LogP contribution < -0.4 is 17.2 Å². The summed E-state index contributed by atoms with van der Waals surface area (Å²) in [6.07, 6.45) is 10.00. The third kappa shape index (κ3) is 2.13. The third-order valence-corrected chi connectivity index (χ3v) is 3.73. The van der Waals surface area contributed by atoms with Crippen LogP contribution in [0.15, 0.2) is 23.0 Å². The van der Waals surface area contributed by atoms with Crippen LogP contribution in [-0.4, -0.2) is 11.3 Å². The molecule has 1 fully saturated rings. The Morgan fingerprint density at radius 3 is 2.83 bits per heavy atom. The van der Waals surface area contributed by atoms with Gasteiger partial charge in [0.2, 0.25) is 0 Å². The van der Waals surface area contributed by atoms with Crippen LogP contribution >= 0.6 is 0 Å². The first-order valence-electron chi connectivity index (χ1n) is 6.33. The van der Waals surface area contributed by atoms with Crippen molar-refractivity contribution in [3.8, 4) is 0 Å². The molecule has 0 atom stereocenters. The van der Waals surface area contributed by atoms with Crippen LogP contribution in [0.25, 0.3) is 5.70 Å². The van der Waals surface area contributed by atoms with Gasteiger partial charge in [-0.1, -0.05) is 19.3 Å². The van der Waals surface area contributed by atoms with Crippen LogP contribution in [0.3, 0.4) is 0 Å². The van der Waals surface area contributed by atoms with E-state index < -0.39 is 0 Å². The summed E-state index contributed by atoms with van der Waals surface area (Å²) in [6, 6.07) is 2.03. The molecule has 18 heavy (non-hydrogen) atoms. The maximum atomic E-state index is 6.34. The van der Waals surface area contributed by atoms with Crippen molar-refractivity contribution in [3.05, 3.63) is 23.5 Å². The minimum absolute atomic E-state index is 0. The van der Waals surface area contributed by atoms with E-state index in [0.717, 1.165) is 22.8 Å². The van der Waals surface area contributed by atoms with Gasteiger partial charge in [0.25, 0.3) is 0 Å². The van der Waals surface area contributed by atoms with Crippen LogP contribution in [0.4, 0.5) is 5.82 Å². The Labute approximate surface area is 107 Å². The van der Waals surface area contributed by atoms with Crippen LogP contribution in [-0.2, 0) is 0 Å². The lowest BCUT2D eigenvalue weighted by Crippen LogP contribution is -2.24. The number of aromatic amines is 1. The van der Waals surface area contributed by atoms with E-state index in [0.29, 0.717) is 5.92 Å². The van der Waals surface area contributed by atoms with Gasteiger partial charge in [-0.3, -0.25) is 0 Å². The number of rotatable bonds is 1. The minimum Gasteiger partial charge on any atom is -0.400 e. The molecule has 0 spiro atoms. The molecule has 3 rings (SSSR count). The van der Waals surface area contributed by atoms with Crippen LogP contribution in [0.2, 0.25) is 0 Å². The Kier molecular flexibility index (Phi) is 3.72. The summed E-state index contributed by atoms with van der Waals surface area (Å²) in [5, 5.41) is 3.20. The molecule has 7 N–H and O–H groups in total. The second kappa shape index (κ2) is 5.27. The number of nitrogens with two attached hydrogens (primary N) is 1. The van der Waals surface area contributed by atoms with E-state index in [1.807, 2.05) is 12.3 Å². The second-order valence-electron chi connectivity index (χ2n) is 4.81. The van der Waals surface area contributed by atoms with E-state index in [1.54, 1.807) is 6.34 Å². The monoisotopic (exact) mass is 247 g/mol. The first-order valence-corrected chi connectivity index (χ1v) is 6.33. The Balaban J connectivity index is 0.00000120. The highest BCUT2D eigenvalue weighted by atomic mass is 15.0. The molecule has 1 aromatic heterocycles. The quantitative estimate of drug-likeness (QED) is 0.613. The van der Waals surface area contributed by atoms with E-state index in [-0.39, 0.29) is 6.15 Å². The summed E-state index contributed by atoms with van der Waals surface area (Å²) in [6.45, 7) is 0. The highest BCUT2D eigenvalue weighted by Crippen LogP contribution is 2.33. The zero-order valence-electron chi connectivity index (χ0n) is 10.6. The van der Waals surface area contributed by atoms with Crippen molar-refractivity contribution >= 4 is 17.9 Å². The molecule has 1 saturated carbocycles. The molecule has 0 aromatic carbocycles. The minimum atomic E-state index is 0. The fraction of sp³-hybridized carbons (Fsp3) is 0.462. The molecule has 1 aromatic rings. The topological polar surface area (TPSA) is 101 Å². The molecule has 0 bridgehead atoms. The highest BCUT2D eigenvalue weighted by Gasteiger charge is 2.22. The number of allylic oxidation sites excluding steroid dienone is 1. The molecular formula is C13H21N5. The van der Waals surface area contributed by atoms with E-state index in [9.17, 15) is 0 Å². The number of fused-ring (bicyclic) bond motifs is 1. The summed E-state index contributed by atoms with van der Waals surface area (Å²) in [5.41, 5.74) is 9.47. The van der Waals surface area contributed by atoms with Gasteiger partial charge < -0.3 is 22.2 Å². The van der Waals surface area contributed by atoms with Gasteiger partial charge in [0, 0.05) is 23.4 Å². The fourth-order valence-corrected chi connectivity index (χ4v) is 2.76. The standard InChI is InChI=1S/C13H18N4.H3N/c14-11(9-4-2-1-3-5-9)12-10-6-7-15-13(10)17-8-16-12;/h6-9,15H,1-5,14H2,(H,16,17);1H3/b12-11-;. The summed E-state index contributed by atoms with van der Waals surface area (Å²) in [5.74, 6) is 1.43. The van der Waals surface area contributed by atoms with Crippen molar-refractivity contribution in [1.29, 1.82) is 0 Å². The van der Waals surface area contributed by atoms with Gasteiger partial charge in [-0.2, -0.15) is 0 Å². The maximum absolute atomic E-state index is 6.34. The first-order chi connectivity index (χ1) is 8.36. The first kappa shape index (κ1) is 12.7. The van der Waals surface area contributed by atoms with Gasteiger partial charge in [-0.05, 0) is 18.9 Å². The van der Waals surface area contributed by atoms with E-state index in [4.69, 9.17) is 5.73 Å². The molecule has 2 heterocycles. The molecule has 0 unspecified atom stereocenters. The Morgan fingerprint density at radius 2 is 2.06 bits per heavy atom. The molecule has 5 nitrogen and oxygen atoms in total. The number of nitrogens with zero attached hydrogens (tertiary/aromatic N) is 1. The number of nitrogens with one attached hydrogen (secondary N) is 2. The van der Waals surface area contributed by atoms with Gasteiger partial charge >= 0.3 is 0 Å². The van der Waals surface area contributed by atoms with Gasteiger partial charge in [-0.15, -0.1) is 0 Å². The molecule has 2 aliphatic rings. The smallest absolute Gasteiger partial charge is 0.141 e. The summed E-state index contributed by atoms with van der Waals surface area (Å²) >= 11 is 0. The van der Waals surface area contributed by atoms with E-state index in [1.165, 1.54) is 32.1 Å². The van der Waals surface area contributed by atoms with Gasteiger partial charge in [-0.25, -0.2) is 4.99 Å². The Bertz CT molecular complexity index is 465. The number of aliphatic imine (C=N–C) groups is 1. The molecule has 98 valence electrons. The average Bonchev–Trinajstić information content (AvgIpc) is 2.87. The van der Waals surface area contributed by atoms with E-state index >= 15 is 0 Å². The number of aromatic nitrogens is 1. The lowest BCUT2D eigenvalue weighted by Gasteiger charge is -2.25. The molecule has 0 saturated heterocycles. The van der Waals surface area contributed by atoms with Crippen molar-refractivity contribution < 1.29 is 0 Å². The maximum Gasteiger partial charge on any atom is 0.141 e. The van der Waals surface area contributed by atoms with Crippen LogP contribution in [0, 0.1) is 5.92 Å². The Morgan fingerprint density at radius 1 is 1.28 bits per heavy atom. The van der Waals surface area contributed by atoms with Crippen LogP contribution in [0.1, 0.15) is 37.7 Å². The predicted octanol–water partition coefficient (Wildman–Crippen LogP) is 2.65. The zero-order chi connectivity index (χ0) is 11.7. The molecule has 1 aliphatic heterocycles.